The molecule has 1 aromatic rings. The van der Waals surface area contributed by atoms with Crippen LogP contribution in [0.25, 0.3) is 0 Å². The zero-order valence-corrected chi connectivity index (χ0v) is 8.62. The summed E-state index contributed by atoms with van der Waals surface area (Å²) in [5.41, 5.74) is 0.358. The highest BCUT2D eigenvalue weighted by atomic mass is 35.5. The van der Waals surface area contributed by atoms with Crippen LogP contribution in [0, 0.1) is 0 Å². The summed E-state index contributed by atoms with van der Waals surface area (Å²) in [6, 6.07) is 6.33. The predicted octanol–water partition coefficient (Wildman–Crippen LogP) is 1.51. The molecule has 0 bridgehead atoms. The SMILES string of the molecule is O=C1NCCN1C(=O)c1ccccc1Cl. The van der Waals surface area contributed by atoms with Gasteiger partial charge < -0.3 is 5.32 Å². The van der Waals surface area contributed by atoms with Crippen LogP contribution >= 0.6 is 11.6 Å². The van der Waals surface area contributed by atoms with Gasteiger partial charge in [0, 0.05) is 13.1 Å². The smallest absolute Gasteiger partial charge is 0.324 e. The Balaban J connectivity index is 2.28. The number of rotatable bonds is 1. The molecule has 1 aliphatic rings. The summed E-state index contributed by atoms with van der Waals surface area (Å²) < 4.78 is 0. The highest BCUT2D eigenvalue weighted by molar-refractivity contribution is 6.34. The average Bonchev–Trinajstić information content (AvgIpc) is 2.64. The molecule has 0 radical (unpaired) electrons. The molecule has 1 fully saturated rings. The number of carbonyl (C=O) groups is 2. The first-order valence-electron chi connectivity index (χ1n) is 4.54. The van der Waals surface area contributed by atoms with Crippen LogP contribution in [-0.4, -0.2) is 29.9 Å². The monoisotopic (exact) mass is 224 g/mol. The summed E-state index contributed by atoms with van der Waals surface area (Å²) in [6.07, 6.45) is 0. The summed E-state index contributed by atoms with van der Waals surface area (Å²) in [5.74, 6) is -0.351. The van der Waals surface area contributed by atoms with Gasteiger partial charge in [0.05, 0.1) is 10.6 Å². The number of imide groups is 1. The van der Waals surface area contributed by atoms with Crippen LogP contribution in [0.4, 0.5) is 4.79 Å². The van der Waals surface area contributed by atoms with Gasteiger partial charge in [0.25, 0.3) is 5.91 Å². The molecule has 15 heavy (non-hydrogen) atoms. The van der Waals surface area contributed by atoms with Crippen LogP contribution in [0.1, 0.15) is 10.4 Å². The Kier molecular flexibility index (Phi) is 2.60. The van der Waals surface area contributed by atoms with Crippen molar-refractivity contribution >= 4 is 23.5 Å². The second-order valence-corrected chi connectivity index (χ2v) is 3.58. The number of halogens is 1. The Labute approximate surface area is 91.8 Å². The maximum absolute atomic E-state index is 11.9. The fraction of sp³-hybridized carbons (Fsp3) is 0.200. The molecule has 1 aromatic carbocycles. The number of nitrogens with zero attached hydrogens (tertiary/aromatic N) is 1. The van der Waals surface area contributed by atoms with Crippen LogP contribution in [0.5, 0.6) is 0 Å². The van der Waals surface area contributed by atoms with Crippen molar-refractivity contribution in [3.05, 3.63) is 34.9 Å². The Bertz CT molecular complexity index is 420. The van der Waals surface area contributed by atoms with Gasteiger partial charge in [0.1, 0.15) is 0 Å². The second-order valence-electron chi connectivity index (χ2n) is 3.17. The summed E-state index contributed by atoms with van der Waals surface area (Å²) >= 11 is 5.87. The highest BCUT2D eigenvalue weighted by Gasteiger charge is 2.27. The number of hydrogen-bond acceptors (Lipinski definition) is 2. The fourth-order valence-electron chi connectivity index (χ4n) is 1.45. The van der Waals surface area contributed by atoms with E-state index in [1.165, 1.54) is 0 Å². The number of urea groups is 1. The van der Waals surface area contributed by atoms with Crippen molar-refractivity contribution < 1.29 is 9.59 Å². The van der Waals surface area contributed by atoms with Gasteiger partial charge in [-0.1, -0.05) is 23.7 Å². The van der Waals surface area contributed by atoms with Crippen LogP contribution < -0.4 is 5.32 Å². The number of nitrogens with one attached hydrogen (secondary N) is 1. The number of hydrogen-bond donors (Lipinski definition) is 1. The largest absolute Gasteiger partial charge is 0.336 e. The van der Waals surface area contributed by atoms with Crippen LogP contribution in [-0.2, 0) is 0 Å². The van der Waals surface area contributed by atoms with Gasteiger partial charge in [-0.15, -0.1) is 0 Å². The molecular weight excluding hydrogens is 216 g/mol. The zero-order chi connectivity index (χ0) is 10.8. The molecule has 0 unspecified atom stereocenters. The van der Waals surface area contributed by atoms with Crippen LogP contribution in [0.3, 0.4) is 0 Å². The van der Waals surface area contributed by atoms with Crippen molar-refractivity contribution in [2.24, 2.45) is 0 Å². The molecule has 1 N–H and O–H groups in total. The third kappa shape index (κ3) is 1.80. The van der Waals surface area contributed by atoms with E-state index in [1.54, 1.807) is 24.3 Å². The van der Waals surface area contributed by atoms with E-state index in [9.17, 15) is 9.59 Å². The maximum atomic E-state index is 11.9. The van der Waals surface area contributed by atoms with E-state index in [2.05, 4.69) is 5.32 Å². The minimum atomic E-state index is -0.361. The molecule has 3 amide bonds. The molecule has 5 heteroatoms. The minimum absolute atomic E-state index is 0.351. The molecular formula is C10H9ClN2O2. The van der Waals surface area contributed by atoms with Gasteiger partial charge in [-0.05, 0) is 12.1 Å². The lowest BCUT2D eigenvalue weighted by Crippen LogP contribution is -2.34. The second kappa shape index (κ2) is 3.90. The summed E-state index contributed by atoms with van der Waals surface area (Å²) in [5, 5.41) is 2.93. The Hall–Kier alpha value is -1.55. The van der Waals surface area contributed by atoms with E-state index >= 15 is 0 Å². The lowest BCUT2D eigenvalue weighted by atomic mass is 10.2. The van der Waals surface area contributed by atoms with E-state index in [0.717, 1.165) is 4.90 Å². The first-order valence-corrected chi connectivity index (χ1v) is 4.92. The molecule has 1 aliphatic heterocycles. The van der Waals surface area contributed by atoms with Gasteiger partial charge in [0.2, 0.25) is 0 Å². The molecule has 2 rings (SSSR count). The van der Waals surface area contributed by atoms with Crippen molar-refractivity contribution in [3.8, 4) is 0 Å². The third-order valence-corrected chi connectivity index (χ3v) is 2.54. The van der Waals surface area contributed by atoms with Gasteiger partial charge in [-0.3, -0.25) is 9.69 Å². The van der Waals surface area contributed by atoms with Crippen molar-refractivity contribution in [1.82, 2.24) is 10.2 Å². The fourth-order valence-corrected chi connectivity index (χ4v) is 1.66. The summed E-state index contributed by atoms with van der Waals surface area (Å²) in [4.78, 5) is 24.3. The van der Waals surface area contributed by atoms with E-state index in [-0.39, 0.29) is 11.9 Å². The molecule has 1 heterocycles. The Morgan fingerprint density at radius 1 is 1.40 bits per heavy atom. The van der Waals surface area contributed by atoms with Crippen LogP contribution in [0.15, 0.2) is 24.3 Å². The average molecular weight is 225 g/mol. The topological polar surface area (TPSA) is 49.4 Å². The molecule has 0 spiro atoms. The molecule has 0 aliphatic carbocycles. The molecule has 4 nitrogen and oxygen atoms in total. The van der Waals surface area contributed by atoms with E-state index in [1.807, 2.05) is 0 Å². The molecule has 1 saturated heterocycles. The molecule has 0 atom stereocenters. The first-order chi connectivity index (χ1) is 7.20. The lowest BCUT2D eigenvalue weighted by Gasteiger charge is -2.12. The van der Waals surface area contributed by atoms with Crippen molar-refractivity contribution in [1.29, 1.82) is 0 Å². The van der Waals surface area contributed by atoms with Crippen molar-refractivity contribution in [3.63, 3.8) is 0 Å². The summed E-state index contributed by atoms with van der Waals surface area (Å²) in [6.45, 7) is 0.887. The quantitative estimate of drug-likeness (QED) is 0.786. The third-order valence-electron chi connectivity index (χ3n) is 2.21. The number of benzene rings is 1. The lowest BCUT2D eigenvalue weighted by molar-refractivity contribution is 0.0829. The zero-order valence-electron chi connectivity index (χ0n) is 7.87. The van der Waals surface area contributed by atoms with Crippen molar-refractivity contribution in [2.75, 3.05) is 13.1 Å². The Morgan fingerprint density at radius 3 is 2.73 bits per heavy atom. The van der Waals surface area contributed by atoms with Gasteiger partial charge in [0.15, 0.2) is 0 Å². The van der Waals surface area contributed by atoms with E-state index in [0.29, 0.717) is 23.7 Å². The molecule has 78 valence electrons. The van der Waals surface area contributed by atoms with E-state index < -0.39 is 0 Å². The van der Waals surface area contributed by atoms with E-state index in [4.69, 9.17) is 11.6 Å². The maximum Gasteiger partial charge on any atom is 0.324 e. The van der Waals surface area contributed by atoms with Crippen molar-refractivity contribution in [2.45, 2.75) is 0 Å². The normalized spacial score (nSPS) is 15.3. The first kappa shape index (κ1) is 9.98. The molecule has 0 aromatic heterocycles. The summed E-state index contributed by atoms with van der Waals surface area (Å²) in [7, 11) is 0. The van der Waals surface area contributed by atoms with Crippen LogP contribution in [0.2, 0.25) is 5.02 Å². The standard InChI is InChI=1S/C10H9ClN2O2/c11-8-4-2-1-3-7(8)9(14)13-6-5-12-10(13)15/h1-4H,5-6H2,(H,12,15). The number of amides is 3. The number of carbonyl (C=O) groups excluding carboxylic acids is 2. The predicted molar refractivity (Wildman–Crippen MR) is 55.9 cm³/mol. The minimum Gasteiger partial charge on any atom is -0.336 e. The van der Waals surface area contributed by atoms with Gasteiger partial charge >= 0.3 is 6.03 Å². The van der Waals surface area contributed by atoms with Gasteiger partial charge in [-0.2, -0.15) is 0 Å². The molecule has 0 saturated carbocycles. The van der Waals surface area contributed by atoms with Gasteiger partial charge in [-0.25, -0.2) is 4.79 Å². The highest BCUT2D eigenvalue weighted by Crippen LogP contribution is 2.17. The Morgan fingerprint density at radius 2 is 2.13 bits per heavy atom.